The van der Waals surface area contributed by atoms with E-state index in [2.05, 4.69) is 37.0 Å². The number of aryl methyl sites for hydroxylation is 2. The topological polar surface area (TPSA) is 0 Å². The van der Waals surface area contributed by atoms with Crippen molar-refractivity contribution in [3.63, 3.8) is 0 Å². The Hall–Kier alpha value is -2.99. The van der Waals surface area contributed by atoms with Gasteiger partial charge in [-0.1, -0.05) is 43.4 Å². The summed E-state index contributed by atoms with van der Waals surface area (Å²) in [6.07, 6.45) is 4.50. The van der Waals surface area contributed by atoms with Crippen LogP contribution in [-0.4, -0.2) is 0 Å². The predicted molar refractivity (Wildman–Crippen MR) is 114 cm³/mol. The van der Waals surface area contributed by atoms with E-state index in [-0.39, 0.29) is 11.7 Å². The SMILES string of the molecule is CCCc1ccc(C2CCc3cc(C#Cc4ccc(F)c(F)c4)ccc3C2)c(F)c1. The fourth-order valence-electron chi connectivity index (χ4n) is 4.16. The lowest BCUT2D eigenvalue weighted by Gasteiger charge is -2.25. The maximum absolute atomic E-state index is 14.6. The summed E-state index contributed by atoms with van der Waals surface area (Å²) in [6, 6.07) is 15.4. The molecular formula is C27H23F3. The standard InChI is InChI=1S/C27H23F3/c1-2-3-18-7-12-24(26(29)15-18)23-11-10-21-14-19(6-9-22(21)17-23)4-5-20-8-13-25(28)27(30)16-20/h6-9,12-16,23H,2-3,10-11,17H2,1H3. The Morgan fingerprint density at radius 2 is 1.57 bits per heavy atom. The molecule has 1 unspecified atom stereocenters. The zero-order chi connectivity index (χ0) is 21.1. The van der Waals surface area contributed by atoms with Crippen molar-refractivity contribution in [2.24, 2.45) is 0 Å². The molecule has 30 heavy (non-hydrogen) atoms. The fraction of sp³-hybridized carbons (Fsp3) is 0.259. The summed E-state index contributed by atoms with van der Waals surface area (Å²) in [5.41, 5.74) is 5.59. The van der Waals surface area contributed by atoms with E-state index in [0.29, 0.717) is 5.56 Å². The van der Waals surface area contributed by atoms with Crippen LogP contribution in [0.25, 0.3) is 0 Å². The zero-order valence-electron chi connectivity index (χ0n) is 16.9. The monoisotopic (exact) mass is 404 g/mol. The van der Waals surface area contributed by atoms with Crippen LogP contribution in [0.1, 0.15) is 59.1 Å². The van der Waals surface area contributed by atoms with Crippen molar-refractivity contribution in [2.45, 2.75) is 44.9 Å². The van der Waals surface area contributed by atoms with Crippen LogP contribution in [0.15, 0.2) is 54.6 Å². The molecule has 152 valence electrons. The summed E-state index contributed by atoms with van der Waals surface area (Å²) in [5.74, 6) is 4.24. The minimum Gasteiger partial charge on any atom is -0.207 e. The van der Waals surface area contributed by atoms with Gasteiger partial charge in [0.1, 0.15) is 5.82 Å². The van der Waals surface area contributed by atoms with Crippen LogP contribution >= 0.6 is 0 Å². The smallest absolute Gasteiger partial charge is 0.160 e. The molecule has 0 heterocycles. The highest BCUT2D eigenvalue weighted by Gasteiger charge is 2.22. The number of fused-ring (bicyclic) bond motifs is 1. The highest BCUT2D eigenvalue weighted by Crippen LogP contribution is 2.34. The van der Waals surface area contributed by atoms with Gasteiger partial charge in [0.15, 0.2) is 11.6 Å². The molecule has 3 aromatic rings. The molecule has 1 aliphatic carbocycles. The first-order chi connectivity index (χ1) is 14.5. The van der Waals surface area contributed by atoms with E-state index in [1.807, 2.05) is 12.1 Å². The van der Waals surface area contributed by atoms with E-state index in [1.165, 1.54) is 17.2 Å². The molecule has 3 aromatic carbocycles. The minimum atomic E-state index is -0.895. The normalized spacial score (nSPS) is 15.3. The van der Waals surface area contributed by atoms with Crippen LogP contribution in [-0.2, 0) is 19.3 Å². The Balaban J connectivity index is 1.51. The number of hydrogen-bond donors (Lipinski definition) is 0. The first-order valence-electron chi connectivity index (χ1n) is 10.4. The summed E-state index contributed by atoms with van der Waals surface area (Å²) in [5, 5.41) is 0. The van der Waals surface area contributed by atoms with Crippen molar-refractivity contribution in [3.8, 4) is 11.8 Å². The highest BCUT2D eigenvalue weighted by molar-refractivity contribution is 5.47. The molecule has 0 N–H and O–H groups in total. The average Bonchev–Trinajstić information content (AvgIpc) is 2.74. The second kappa shape index (κ2) is 8.79. The van der Waals surface area contributed by atoms with Crippen LogP contribution in [0.4, 0.5) is 13.2 Å². The van der Waals surface area contributed by atoms with E-state index in [4.69, 9.17) is 0 Å². The van der Waals surface area contributed by atoms with Crippen molar-refractivity contribution in [3.05, 3.63) is 105 Å². The highest BCUT2D eigenvalue weighted by atomic mass is 19.2. The quantitative estimate of drug-likeness (QED) is 0.425. The van der Waals surface area contributed by atoms with Gasteiger partial charge in [0.2, 0.25) is 0 Å². The molecule has 0 saturated carbocycles. The molecular weight excluding hydrogens is 381 g/mol. The molecule has 0 fully saturated rings. The van der Waals surface area contributed by atoms with Gasteiger partial charge in [-0.05, 0) is 90.3 Å². The van der Waals surface area contributed by atoms with Gasteiger partial charge >= 0.3 is 0 Å². The first-order valence-corrected chi connectivity index (χ1v) is 10.4. The van der Waals surface area contributed by atoms with Crippen LogP contribution < -0.4 is 0 Å². The molecule has 0 nitrogen and oxygen atoms in total. The van der Waals surface area contributed by atoms with Crippen molar-refractivity contribution in [1.82, 2.24) is 0 Å². The molecule has 0 radical (unpaired) electrons. The lowest BCUT2D eigenvalue weighted by atomic mass is 9.79. The summed E-state index contributed by atoms with van der Waals surface area (Å²) < 4.78 is 41.0. The maximum atomic E-state index is 14.6. The number of hydrogen-bond acceptors (Lipinski definition) is 0. The van der Waals surface area contributed by atoms with Crippen molar-refractivity contribution in [2.75, 3.05) is 0 Å². The van der Waals surface area contributed by atoms with E-state index >= 15 is 0 Å². The van der Waals surface area contributed by atoms with Crippen molar-refractivity contribution < 1.29 is 13.2 Å². The molecule has 0 bridgehead atoms. The third kappa shape index (κ3) is 4.44. The van der Waals surface area contributed by atoms with Crippen LogP contribution in [0.3, 0.4) is 0 Å². The maximum Gasteiger partial charge on any atom is 0.160 e. The Morgan fingerprint density at radius 3 is 2.30 bits per heavy atom. The van der Waals surface area contributed by atoms with Crippen molar-refractivity contribution in [1.29, 1.82) is 0 Å². The molecule has 0 amide bonds. The molecule has 0 spiro atoms. The van der Waals surface area contributed by atoms with Gasteiger partial charge < -0.3 is 0 Å². The summed E-state index contributed by atoms with van der Waals surface area (Å²) >= 11 is 0. The molecule has 1 atom stereocenters. The Kier molecular flexibility index (Phi) is 5.95. The van der Waals surface area contributed by atoms with E-state index in [0.717, 1.165) is 60.9 Å². The summed E-state index contributed by atoms with van der Waals surface area (Å²) in [6.45, 7) is 2.10. The predicted octanol–water partition coefficient (Wildman–Crippen LogP) is 6.73. The molecule has 3 heteroatoms. The van der Waals surface area contributed by atoms with Crippen LogP contribution in [0.5, 0.6) is 0 Å². The van der Waals surface area contributed by atoms with Crippen LogP contribution in [0, 0.1) is 29.3 Å². The number of benzene rings is 3. The number of halogens is 3. The second-order valence-electron chi connectivity index (χ2n) is 7.91. The average molecular weight is 404 g/mol. The largest absolute Gasteiger partial charge is 0.207 e. The summed E-state index contributed by atoms with van der Waals surface area (Å²) in [4.78, 5) is 0. The molecule has 1 aliphatic rings. The molecule has 4 rings (SSSR count). The third-order valence-electron chi connectivity index (χ3n) is 5.75. The molecule has 0 aliphatic heterocycles. The van der Waals surface area contributed by atoms with Crippen molar-refractivity contribution >= 4 is 0 Å². The van der Waals surface area contributed by atoms with Crippen LogP contribution in [0.2, 0.25) is 0 Å². The Bertz CT molecular complexity index is 1130. The lowest BCUT2D eigenvalue weighted by molar-refractivity contribution is 0.508. The van der Waals surface area contributed by atoms with E-state index in [9.17, 15) is 13.2 Å². The lowest BCUT2D eigenvalue weighted by Crippen LogP contribution is -2.14. The second-order valence-corrected chi connectivity index (χ2v) is 7.91. The van der Waals surface area contributed by atoms with E-state index in [1.54, 1.807) is 6.07 Å². The number of rotatable bonds is 3. The minimum absolute atomic E-state index is 0.0941. The summed E-state index contributed by atoms with van der Waals surface area (Å²) in [7, 11) is 0. The Labute approximate surface area is 175 Å². The van der Waals surface area contributed by atoms with Gasteiger partial charge in [0.25, 0.3) is 0 Å². The van der Waals surface area contributed by atoms with E-state index < -0.39 is 11.6 Å². The zero-order valence-corrected chi connectivity index (χ0v) is 16.9. The van der Waals surface area contributed by atoms with Gasteiger partial charge in [-0.3, -0.25) is 0 Å². The molecule has 0 saturated heterocycles. The molecule has 0 aromatic heterocycles. The van der Waals surface area contributed by atoms with Gasteiger partial charge in [0.05, 0.1) is 0 Å². The fourth-order valence-corrected chi connectivity index (χ4v) is 4.16. The van der Waals surface area contributed by atoms with Gasteiger partial charge in [-0.2, -0.15) is 0 Å². The van der Waals surface area contributed by atoms with Gasteiger partial charge in [-0.15, -0.1) is 0 Å². The third-order valence-corrected chi connectivity index (χ3v) is 5.75. The van der Waals surface area contributed by atoms with Gasteiger partial charge in [0, 0.05) is 11.1 Å². The van der Waals surface area contributed by atoms with Gasteiger partial charge in [-0.25, -0.2) is 13.2 Å². The first kappa shape index (κ1) is 20.3. The Morgan fingerprint density at radius 1 is 0.800 bits per heavy atom.